The van der Waals surface area contributed by atoms with Gasteiger partial charge in [-0.1, -0.05) is 48.0 Å². The van der Waals surface area contributed by atoms with Crippen LogP contribution in [-0.2, 0) is 14.8 Å². The number of hydrogen-bond acceptors (Lipinski definition) is 6. The number of amides is 1. The van der Waals surface area contributed by atoms with E-state index in [1.807, 2.05) is 37.3 Å². The molecule has 3 rings (SSSR count). The number of aryl methyl sites for hydroxylation is 1. The Hall–Kier alpha value is -3.85. The zero-order valence-electron chi connectivity index (χ0n) is 19.5. The van der Waals surface area contributed by atoms with E-state index < -0.39 is 22.5 Å². The molecule has 0 aromatic heterocycles. The fourth-order valence-corrected chi connectivity index (χ4v) is 4.61. The SMILES string of the molecule is COc1ccc(OC)c(N(CC(=O)N/N=C(/C)c2ccccc2)S(=O)(=O)c2ccc(C)cc2)c1. The van der Waals surface area contributed by atoms with E-state index in [-0.39, 0.29) is 16.3 Å². The second-order valence-electron chi connectivity index (χ2n) is 7.46. The van der Waals surface area contributed by atoms with E-state index >= 15 is 0 Å². The molecule has 0 bridgehead atoms. The van der Waals surface area contributed by atoms with E-state index in [0.29, 0.717) is 11.5 Å². The van der Waals surface area contributed by atoms with E-state index in [1.54, 1.807) is 31.2 Å². The first-order valence-corrected chi connectivity index (χ1v) is 11.9. The van der Waals surface area contributed by atoms with Gasteiger partial charge in [-0.3, -0.25) is 9.10 Å². The highest BCUT2D eigenvalue weighted by atomic mass is 32.2. The molecule has 34 heavy (non-hydrogen) atoms. The monoisotopic (exact) mass is 481 g/mol. The lowest BCUT2D eigenvalue weighted by atomic mass is 10.1. The summed E-state index contributed by atoms with van der Waals surface area (Å²) in [5, 5.41) is 4.12. The van der Waals surface area contributed by atoms with Gasteiger partial charge in [0.15, 0.2) is 0 Å². The average Bonchev–Trinajstić information content (AvgIpc) is 2.86. The highest BCUT2D eigenvalue weighted by Gasteiger charge is 2.30. The summed E-state index contributed by atoms with van der Waals surface area (Å²) in [4.78, 5) is 12.9. The molecule has 3 aromatic rings. The van der Waals surface area contributed by atoms with Gasteiger partial charge in [-0.2, -0.15) is 5.10 Å². The zero-order chi connectivity index (χ0) is 24.7. The standard InChI is InChI=1S/C25H27N3O5S/c1-18-10-13-22(14-11-18)34(30,31)28(23-16-21(32-3)12-15-24(23)33-4)17-25(29)27-26-19(2)20-8-6-5-7-9-20/h5-16H,17H2,1-4H3,(H,27,29)/b26-19-. The van der Waals surface area contributed by atoms with Crippen LogP contribution >= 0.6 is 0 Å². The van der Waals surface area contributed by atoms with Crippen molar-refractivity contribution < 1.29 is 22.7 Å². The van der Waals surface area contributed by atoms with Gasteiger partial charge < -0.3 is 9.47 Å². The van der Waals surface area contributed by atoms with Crippen LogP contribution in [0.5, 0.6) is 11.5 Å². The van der Waals surface area contributed by atoms with E-state index in [0.717, 1.165) is 15.4 Å². The van der Waals surface area contributed by atoms with E-state index in [9.17, 15) is 13.2 Å². The van der Waals surface area contributed by atoms with Gasteiger partial charge in [-0.05, 0) is 43.7 Å². The number of methoxy groups -OCH3 is 2. The molecule has 0 heterocycles. The summed E-state index contributed by atoms with van der Waals surface area (Å²) in [6.45, 7) is 3.09. The van der Waals surface area contributed by atoms with E-state index in [1.165, 1.54) is 32.4 Å². The highest BCUT2D eigenvalue weighted by molar-refractivity contribution is 7.92. The second kappa shape index (κ2) is 10.8. The van der Waals surface area contributed by atoms with Crippen LogP contribution in [0.2, 0.25) is 0 Å². The number of carbonyl (C=O) groups excluding carboxylic acids is 1. The summed E-state index contributed by atoms with van der Waals surface area (Å²) in [5.41, 5.74) is 4.95. The summed E-state index contributed by atoms with van der Waals surface area (Å²) < 4.78 is 38.9. The molecule has 0 spiro atoms. The lowest BCUT2D eigenvalue weighted by Gasteiger charge is -2.25. The van der Waals surface area contributed by atoms with Crippen molar-refractivity contribution in [1.29, 1.82) is 0 Å². The molecule has 1 amide bonds. The molecule has 3 aromatic carbocycles. The largest absolute Gasteiger partial charge is 0.497 e. The summed E-state index contributed by atoms with van der Waals surface area (Å²) in [5.74, 6) is 0.0716. The van der Waals surface area contributed by atoms with Gasteiger partial charge in [0, 0.05) is 6.07 Å². The number of carbonyl (C=O) groups is 1. The van der Waals surface area contributed by atoms with Gasteiger partial charge in [-0.25, -0.2) is 13.8 Å². The molecule has 9 heteroatoms. The maximum absolute atomic E-state index is 13.6. The molecule has 0 atom stereocenters. The highest BCUT2D eigenvalue weighted by Crippen LogP contribution is 2.35. The average molecular weight is 482 g/mol. The number of rotatable bonds is 9. The van der Waals surface area contributed by atoms with Gasteiger partial charge in [0.05, 0.1) is 30.5 Å². The Kier molecular flexibility index (Phi) is 7.91. The molecule has 0 saturated carbocycles. The van der Waals surface area contributed by atoms with Crippen LogP contribution in [-0.4, -0.2) is 40.8 Å². The number of ether oxygens (including phenoxy) is 2. The van der Waals surface area contributed by atoms with Crippen molar-refractivity contribution in [3.05, 3.63) is 83.9 Å². The third-order valence-corrected chi connectivity index (χ3v) is 6.86. The third kappa shape index (κ3) is 5.74. The van der Waals surface area contributed by atoms with Crippen molar-refractivity contribution in [3.8, 4) is 11.5 Å². The normalized spacial score (nSPS) is 11.6. The fourth-order valence-electron chi connectivity index (χ4n) is 3.18. The minimum absolute atomic E-state index is 0.0414. The number of hydrogen-bond donors (Lipinski definition) is 1. The quantitative estimate of drug-likeness (QED) is 0.371. The zero-order valence-corrected chi connectivity index (χ0v) is 20.3. The molecule has 178 valence electrons. The van der Waals surface area contributed by atoms with Gasteiger partial charge in [0.2, 0.25) is 0 Å². The Morgan fingerprint density at radius 1 is 0.971 bits per heavy atom. The van der Waals surface area contributed by atoms with Crippen LogP contribution in [0.15, 0.2) is 82.8 Å². The molecular weight excluding hydrogens is 454 g/mol. The van der Waals surface area contributed by atoms with Gasteiger partial charge in [0.1, 0.15) is 18.0 Å². The summed E-state index contributed by atoms with van der Waals surface area (Å²) >= 11 is 0. The summed E-state index contributed by atoms with van der Waals surface area (Å²) in [7, 11) is -1.23. The predicted molar refractivity (Wildman–Crippen MR) is 132 cm³/mol. The van der Waals surface area contributed by atoms with Crippen LogP contribution < -0.4 is 19.2 Å². The lowest BCUT2D eigenvalue weighted by molar-refractivity contribution is -0.119. The van der Waals surface area contributed by atoms with Crippen molar-refractivity contribution in [2.24, 2.45) is 5.10 Å². The smallest absolute Gasteiger partial charge is 0.264 e. The molecule has 1 N–H and O–H groups in total. The van der Waals surface area contributed by atoms with Crippen LogP contribution in [0, 0.1) is 6.92 Å². The number of anilines is 1. The molecule has 0 radical (unpaired) electrons. The predicted octanol–water partition coefficient (Wildman–Crippen LogP) is 3.75. The molecule has 8 nitrogen and oxygen atoms in total. The molecule has 0 aliphatic rings. The third-order valence-electron chi connectivity index (χ3n) is 5.09. The van der Waals surface area contributed by atoms with Crippen LogP contribution in [0.3, 0.4) is 0 Å². The van der Waals surface area contributed by atoms with Crippen LogP contribution in [0.25, 0.3) is 0 Å². The van der Waals surface area contributed by atoms with Crippen molar-refractivity contribution in [2.45, 2.75) is 18.7 Å². The first kappa shape index (κ1) is 24.8. The maximum Gasteiger partial charge on any atom is 0.264 e. The Bertz CT molecular complexity index is 1270. The minimum Gasteiger partial charge on any atom is -0.497 e. The molecule has 0 unspecified atom stereocenters. The van der Waals surface area contributed by atoms with Crippen molar-refractivity contribution in [3.63, 3.8) is 0 Å². The number of benzene rings is 3. The van der Waals surface area contributed by atoms with Crippen molar-refractivity contribution >= 4 is 27.3 Å². The Morgan fingerprint density at radius 3 is 2.26 bits per heavy atom. The van der Waals surface area contributed by atoms with Crippen molar-refractivity contribution in [1.82, 2.24) is 5.43 Å². The topological polar surface area (TPSA) is 97.3 Å². The number of nitrogens with one attached hydrogen (secondary N) is 1. The fraction of sp³-hybridized carbons (Fsp3) is 0.200. The Balaban J connectivity index is 1.99. The molecular formula is C25H27N3O5S. The first-order chi connectivity index (χ1) is 16.3. The second-order valence-corrected chi connectivity index (χ2v) is 9.32. The van der Waals surface area contributed by atoms with Crippen LogP contribution in [0.1, 0.15) is 18.1 Å². The number of sulfonamides is 1. The van der Waals surface area contributed by atoms with Gasteiger partial charge in [0.25, 0.3) is 15.9 Å². The molecule has 0 aliphatic carbocycles. The molecule has 0 aliphatic heterocycles. The van der Waals surface area contributed by atoms with Crippen LogP contribution in [0.4, 0.5) is 5.69 Å². The lowest BCUT2D eigenvalue weighted by Crippen LogP contribution is -2.40. The summed E-state index contributed by atoms with van der Waals surface area (Å²) in [6, 6.07) is 20.5. The number of nitrogens with zero attached hydrogens (tertiary/aromatic N) is 2. The Labute approximate surface area is 199 Å². The van der Waals surface area contributed by atoms with Crippen molar-refractivity contribution in [2.75, 3.05) is 25.1 Å². The summed E-state index contributed by atoms with van der Waals surface area (Å²) in [6.07, 6.45) is 0. The van der Waals surface area contributed by atoms with Gasteiger partial charge >= 0.3 is 0 Å². The maximum atomic E-state index is 13.6. The minimum atomic E-state index is -4.13. The molecule has 0 fully saturated rings. The number of hydrazone groups is 1. The van der Waals surface area contributed by atoms with Gasteiger partial charge in [-0.15, -0.1) is 0 Å². The first-order valence-electron chi connectivity index (χ1n) is 10.5. The molecule has 0 saturated heterocycles. The Morgan fingerprint density at radius 2 is 1.65 bits per heavy atom. The van der Waals surface area contributed by atoms with E-state index in [4.69, 9.17) is 9.47 Å². The van der Waals surface area contributed by atoms with E-state index in [2.05, 4.69) is 10.5 Å².